The summed E-state index contributed by atoms with van der Waals surface area (Å²) < 4.78 is 5.15. The SMILES string of the molecule is Nc1nc(Cl)cc(NCc2nc(-c3ccncc3)no2)n1. The first-order valence-corrected chi connectivity index (χ1v) is 6.35. The van der Waals surface area contributed by atoms with E-state index in [1.807, 2.05) is 0 Å². The Balaban J connectivity index is 1.70. The van der Waals surface area contributed by atoms with E-state index >= 15 is 0 Å². The summed E-state index contributed by atoms with van der Waals surface area (Å²) in [6.07, 6.45) is 3.32. The Kier molecular flexibility index (Phi) is 3.61. The van der Waals surface area contributed by atoms with Gasteiger partial charge in [-0.2, -0.15) is 9.97 Å². The second kappa shape index (κ2) is 5.71. The van der Waals surface area contributed by atoms with Gasteiger partial charge in [-0.1, -0.05) is 16.8 Å². The lowest BCUT2D eigenvalue weighted by Crippen LogP contribution is -2.04. The summed E-state index contributed by atoms with van der Waals surface area (Å²) in [6, 6.07) is 5.15. The molecule has 0 saturated carbocycles. The Hall–Kier alpha value is -2.74. The molecule has 0 amide bonds. The smallest absolute Gasteiger partial charge is 0.246 e. The molecular weight excluding hydrogens is 294 g/mol. The third kappa shape index (κ3) is 3.23. The number of anilines is 2. The molecular formula is C12H10ClN7O. The summed E-state index contributed by atoms with van der Waals surface area (Å²) in [4.78, 5) is 16.0. The Morgan fingerprint density at radius 1 is 1.19 bits per heavy atom. The molecule has 0 spiro atoms. The summed E-state index contributed by atoms with van der Waals surface area (Å²) in [5, 5.41) is 7.14. The molecule has 3 N–H and O–H groups in total. The number of hydrogen-bond donors (Lipinski definition) is 2. The molecule has 3 aromatic heterocycles. The lowest BCUT2D eigenvalue weighted by Gasteiger charge is -2.03. The molecule has 0 radical (unpaired) electrons. The van der Waals surface area contributed by atoms with E-state index in [0.29, 0.717) is 24.1 Å². The van der Waals surface area contributed by atoms with Crippen molar-refractivity contribution in [2.45, 2.75) is 6.54 Å². The number of nitrogens with zero attached hydrogens (tertiary/aromatic N) is 5. The maximum absolute atomic E-state index is 5.79. The lowest BCUT2D eigenvalue weighted by molar-refractivity contribution is 0.384. The average Bonchev–Trinajstić information content (AvgIpc) is 2.94. The van der Waals surface area contributed by atoms with Crippen LogP contribution >= 0.6 is 11.6 Å². The van der Waals surface area contributed by atoms with Gasteiger partial charge < -0.3 is 15.6 Å². The first-order valence-electron chi connectivity index (χ1n) is 5.97. The zero-order chi connectivity index (χ0) is 14.7. The summed E-state index contributed by atoms with van der Waals surface area (Å²) in [5.41, 5.74) is 6.33. The van der Waals surface area contributed by atoms with Crippen molar-refractivity contribution < 1.29 is 4.52 Å². The topological polar surface area (TPSA) is 116 Å². The molecule has 106 valence electrons. The van der Waals surface area contributed by atoms with Gasteiger partial charge in [0.25, 0.3) is 0 Å². The van der Waals surface area contributed by atoms with Gasteiger partial charge in [0.05, 0.1) is 6.54 Å². The molecule has 0 fully saturated rings. The van der Waals surface area contributed by atoms with Crippen LogP contribution in [0.4, 0.5) is 11.8 Å². The van der Waals surface area contributed by atoms with Crippen molar-refractivity contribution in [1.82, 2.24) is 25.1 Å². The number of nitrogens with two attached hydrogens (primary N) is 1. The maximum atomic E-state index is 5.79. The maximum Gasteiger partial charge on any atom is 0.246 e. The van der Waals surface area contributed by atoms with Gasteiger partial charge in [-0.15, -0.1) is 0 Å². The fraction of sp³-hybridized carbons (Fsp3) is 0.0833. The Morgan fingerprint density at radius 2 is 2.00 bits per heavy atom. The fourth-order valence-electron chi connectivity index (χ4n) is 1.64. The van der Waals surface area contributed by atoms with Crippen LogP contribution in [0.1, 0.15) is 5.89 Å². The quantitative estimate of drug-likeness (QED) is 0.700. The molecule has 21 heavy (non-hydrogen) atoms. The molecule has 0 aliphatic heterocycles. The van der Waals surface area contributed by atoms with Crippen LogP contribution in [-0.4, -0.2) is 25.1 Å². The predicted octanol–water partition coefficient (Wildman–Crippen LogP) is 1.77. The van der Waals surface area contributed by atoms with Gasteiger partial charge in [-0.05, 0) is 12.1 Å². The van der Waals surface area contributed by atoms with Crippen LogP contribution in [0.25, 0.3) is 11.4 Å². The standard InChI is InChI=1S/C12H10ClN7O/c13-8-5-9(18-12(14)17-8)16-6-10-19-11(20-21-10)7-1-3-15-4-2-7/h1-5H,6H2,(H3,14,16,17,18). The van der Waals surface area contributed by atoms with Crippen LogP contribution < -0.4 is 11.1 Å². The molecule has 0 unspecified atom stereocenters. The van der Waals surface area contributed by atoms with Gasteiger partial charge in [-0.25, -0.2) is 4.98 Å². The Bertz CT molecular complexity index is 726. The highest BCUT2D eigenvalue weighted by Gasteiger charge is 2.09. The normalized spacial score (nSPS) is 10.5. The number of nitrogen functional groups attached to an aromatic ring is 1. The summed E-state index contributed by atoms with van der Waals surface area (Å²) in [6.45, 7) is 0.296. The van der Waals surface area contributed by atoms with Crippen LogP contribution in [-0.2, 0) is 6.54 Å². The third-order valence-corrected chi connectivity index (χ3v) is 2.73. The van der Waals surface area contributed by atoms with Crippen molar-refractivity contribution in [3.8, 4) is 11.4 Å². The van der Waals surface area contributed by atoms with E-state index in [1.54, 1.807) is 30.6 Å². The lowest BCUT2D eigenvalue weighted by atomic mass is 10.2. The molecule has 0 bridgehead atoms. The van der Waals surface area contributed by atoms with E-state index in [0.717, 1.165) is 5.56 Å². The van der Waals surface area contributed by atoms with Crippen LogP contribution in [0.3, 0.4) is 0 Å². The molecule has 3 rings (SSSR count). The molecule has 0 aliphatic rings. The second-order valence-corrected chi connectivity index (χ2v) is 4.42. The van der Waals surface area contributed by atoms with Gasteiger partial charge in [0.2, 0.25) is 17.7 Å². The van der Waals surface area contributed by atoms with E-state index in [2.05, 4.69) is 30.4 Å². The van der Waals surface area contributed by atoms with Crippen LogP contribution in [0, 0.1) is 0 Å². The first kappa shape index (κ1) is 13.3. The van der Waals surface area contributed by atoms with E-state index in [1.165, 1.54) is 0 Å². The molecule has 0 aromatic carbocycles. The molecule has 0 aliphatic carbocycles. The molecule has 3 heterocycles. The van der Waals surface area contributed by atoms with Crippen molar-refractivity contribution >= 4 is 23.4 Å². The molecule has 0 atom stereocenters. The largest absolute Gasteiger partial charge is 0.368 e. The minimum Gasteiger partial charge on any atom is -0.368 e. The van der Waals surface area contributed by atoms with Crippen molar-refractivity contribution in [2.75, 3.05) is 11.1 Å². The van der Waals surface area contributed by atoms with Gasteiger partial charge in [-0.3, -0.25) is 4.98 Å². The number of halogens is 1. The average molecular weight is 304 g/mol. The summed E-state index contributed by atoms with van der Waals surface area (Å²) in [7, 11) is 0. The zero-order valence-corrected chi connectivity index (χ0v) is 11.4. The Labute approximate surface area is 124 Å². The number of hydrogen-bond acceptors (Lipinski definition) is 8. The summed E-state index contributed by atoms with van der Waals surface area (Å²) >= 11 is 5.79. The minimum absolute atomic E-state index is 0.0907. The van der Waals surface area contributed by atoms with Crippen LogP contribution in [0.15, 0.2) is 35.1 Å². The van der Waals surface area contributed by atoms with Crippen molar-refractivity contribution in [3.63, 3.8) is 0 Å². The highest BCUT2D eigenvalue weighted by molar-refractivity contribution is 6.29. The first-order chi connectivity index (χ1) is 10.2. The van der Waals surface area contributed by atoms with E-state index in [-0.39, 0.29) is 11.1 Å². The second-order valence-electron chi connectivity index (χ2n) is 4.04. The highest BCUT2D eigenvalue weighted by atomic mass is 35.5. The fourth-order valence-corrected chi connectivity index (χ4v) is 1.83. The van der Waals surface area contributed by atoms with Crippen molar-refractivity contribution in [2.24, 2.45) is 0 Å². The van der Waals surface area contributed by atoms with E-state index in [4.69, 9.17) is 21.9 Å². The van der Waals surface area contributed by atoms with Crippen LogP contribution in [0.2, 0.25) is 5.15 Å². The van der Waals surface area contributed by atoms with Gasteiger partial charge in [0.1, 0.15) is 11.0 Å². The van der Waals surface area contributed by atoms with Crippen LogP contribution in [0.5, 0.6) is 0 Å². The number of aromatic nitrogens is 5. The number of rotatable bonds is 4. The highest BCUT2D eigenvalue weighted by Crippen LogP contribution is 2.16. The van der Waals surface area contributed by atoms with Gasteiger partial charge >= 0.3 is 0 Å². The van der Waals surface area contributed by atoms with Crippen molar-refractivity contribution in [1.29, 1.82) is 0 Å². The molecule has 3 aromatic rings. The summed E-state index contributed by atoms with van der Waals surface area (Å²) in [5.74, 6) is 1.48. The molecule has 8 nitrogen and oxygen atoms in total. The van der Waals surface area contributed by atoms with Gasteiger partial charge in [0.15, 0.2) is 0 Å². The van der Waals surface area contributed by atoms with E-state index in [9.17, 15) is 0 Å². The minimum atomic E-state index is 0.0907. The Morgan fingerprint density at radius 3 is 2.76 bits per heavy atom. The predicted molar refractivity (Wildman–Crippen MR) is 76.3 cm³/mol. The monoisotopic (exact) mass is 303 g/mol. The van der Waals surface area contributed by atoms with E-state index < -0.39 is 0 Å². The molecule has 9 heteroatoms. The zero-order valence-electron chi connectivity index (χ0n) is 10.7. The number of pyridine rings is 1. The molecule has 0 saturated heterocycles. The number of nitrogens with one attached hydrogen (secondary N) is 1. The van der Waals surface area contributed by atoms with Crippen molar-refractivity contribution in [3.05, 3.63) is 41.6 Å². The van der Waals surface area contributed by atoms with Gasteiger partial charge in [0, 0.05) is 24.0 Å². The third-order valence-electron chi connectivity index (χ3n) is 2.54.